The van der Waals surface area contributed by atoms with Crippen LogP contribution in [0.2, 0.25) is 5.02 Å². The number of rotatable bonds is 7. The van der Waals surface area contributed by atoms with Gasteiger partial charge in [0.15, 0.2) is 0 Å². The zero-order valence-corrected chi connectivity index (χ0v) is 17.7. The van der Waals surface area contributed by atoms with Gasteiger partial charge in [0, 0.05) is 28.7 Å². The first-order valence-electron chi connectivity index (χ1n) is 10.4. The van der Waals surface area contributed by atoms with Crippen LogP contribution in [0.1, 0.15) is 43.2 Å². The van der Waals surface area contributed by atoms with Crippen molar-refractivity contribution in [1.29, 1.82) is 0 Å². The molecule has 0 saturated carbocycles. The number of carbonyl (C=O) groups excluding carboxylic acids is 1. The molecular weight excluding hydrogens is 406 g/mol. The van der Waals surface area contributed by atoms with Crippen molar-refractivity contribution in [3.63, 3.8) is 0 Å². The molecule has 0 unspecified atom stereocenters. The van der Waals surface area contributed by atoms with Crippen LogP contribution in [0.15, 0.2) is 35.2 Å². The summed E-state index contributed by atoms with van der Waals surface area (Å²) in [5.41, 5.74) is 3.06. The second kappa shape index (κ2) is 9.20. The van der Waals surface area contributed by atoms with Gasteiger partial charge >= 0.3 is 5.97 Å². The average molecular weight is 432 g/mol. The Hall–Kier alpha value is -2.35. The molecule has 0 bridgehead atoms. The van der Waals surface area contributed by atoms with Crippen molar-refractivity contribution in [2.75, 3.05) is 13.2 Å². The Kier molecular flexibility index (Phi) is 6.41. The van der Waals surface area contributed by atoms with Crippen LogP contribution in [0.4, 0.5) is 0 Å². The van der Waals surface area contributed by atoms with Crippen LogP contribution in [0.5, 0.6) is 0 Å². The highest BCUT2D eigenvalue weighted by atomic mass is 35.5. The number of imidazole rings is 1. The number of ether oxygens (including phenoxy) is 1. The number of aliphatic hydroxyl groups is 1. The van der Waals surface area contributed by atoms with E-state index in [2.05, 4.69) is 14.9 Å². The molecule has 2 N–H and O–H groups in total. The molecule has 30 heavy (non-hydrogen) atoms. The van der Waals surface area contributed by atoms with Gasteiger partial charge in [-0.05, 0) is 57.4 Å². The molecule has 0 radical (unpaired) electrons. The first-order chi connectivity index (χ1) is 14.6. The minimum atomic E-state index is -0.506. The summed E-state index contributed by atoms with van der Waals surface area (Å²) in [6, 6.07) is 5.51. The molecule has 1 fully saturated rings. The number of aromatic nitrogens is 2. The summed E-state index contributed by atoms with van der Waals surface area (Å²) in [4.78, 5) is 16.8. The molecule has 4 rings (SSSR count). The third-order valence-corrected chi connectivity index (χ3v) is 5.77. The van der Waals surface area contributed by atoms with Crippen molar-refractivity contribution in [1.82, 2.24) is 14.9 Å². The number of nitrogens with one attached hydrogen (secondary N) is 1. The summed E-state index contributed by atoms with van der Waals surface area (Å²) in [6.07, 6.45) is 6.62. The number of fused-ring (bicyclic) bond motifs is 1. The number of hydrogen-bond acceptors (Lipinski definition) is 6. The minimum Gasteiger partial charge on any atom is -0.460 e. The van der Waals surface area contributed by atoms with Gasteiger partial charge in [0.25, 0.3) is 0 Å². The molecule has 0 aliphatic carbocycles. The molecule has 0 amide bonds. The Balaban J connectivity index is 1.62. The van der Waals surface area contributed by atoms with Crippen LogP contribution in [0.25, 0.3) is 22.2 Å². The van der Waals surface area contributed by atoms with Gasteiger partial charge in [-0.3, -0.25) is 0 Å². The molecule has 1 saturated heterocycles. The van der Waals surface area contributed by atoms with Gasteiger partial charge in [-0.2, -0.15) is 0 Å². The normalized spacial score (nSPS) is 19.3. The molecule has 7 nitrogen and oxygen atoms in total. The molecular formula is C22H26ClN3O4. The van der Waals surface area contributed by atoms with Gasteiger partial charge < -0.3 is 24.1 Å². The van der Waals surface area contributed by atoms with Gasteiger partial charge in [0.1, 0.15) is 0 Å². The average Bonchev–Trinajstić information content (AvgIpc) is 3.36. The number of aryl methyl sites for hydroxylation is 1. The third-order valence-electron chi connectivity index (χ3n) is 5.56. The summed E-state index contributed by atoms with van der Waals surface area (Å²) in [5, 5.41) is 14.1. The van der Waals surface area contributed by atoms with Crippen molar-refractivity contribution in [2.45, 2.75) is 51.3 Å². The van der Waals surface area contributed by atoms with E-state index in [-0.39, 0.29) is 24.5 Å². The maximum Gasteiger partial charge on any atom is 0.374 e. The molecule has 160 valence electrons. The van der Waals surface area contributed by atoms with Crippen LogP contribution < -0.4 is 5.32 Å². The summed E-state index contributed by atoms with van der Waals surface area (Å²) in [7, 11) is 0. The van der Waals surface area contributed by atoms with E-state index in [0.717, 1.165) is 55.4 Å². The quantitative estimate of drug-likeness (QED) is 0.549. The number of halogens is 1. The summed E-state index contributed by atoms with van der Waals surface area (Å²) in [5.74, 6) is -0.350. The van der Waals surface area contributed by atoms with E-state index >= 15 is 0 Å². The van der Waals surface area contributed by atoms with Gasteiger partial charge in [0.2, 0.25) is 5.76 Å². The smallest absolute Gasteiger partial charge is 0.374 e. The Morgan fingerprint density at radius 3 is 3.10 bits per heavy atom. The summed E-state index contributed by atoms with van der Waals surface area (Å²) < 4.78 is 12.6. The van der Waals surface area contributed by atoms with E-state index in [9.17, 15) is 9.90 Å². The molecule has 3 heterocycles. The molecule has 1 aliphatic heterocycles. The fourth-order valence-corrected chi connectivity index (χ4v) is 4.35. The number of piperidine rings is 1. The van der Waals surface area contributed by atoms with E-state index < -0.39 is 5.97 Å². The Morgan fingerprint density at radius 1 is 1.43 bits per heavy atom. The lowest BCUT2D eigenvalue weighted by molar-refractivity contribution is 0.0491. The lowest BCUT2D eigenvalue weighted by atomic mass is 9.97. The number of carbonyl (C=O) groups is 1. The fraction of sp³-hybridized carbons (Fsp3) is 0.455. The van der Waals surface area contributed by atoms with E-state index in [1.807, 2.05) is 12.1 Å². The zero-order valence-electron chi connectivity index (χ0n) is 16.9. The molecule has 2 atom stereocenters. The lowest BCUT2D eigenvalue weighted by Crippen LogP contribution is -2.44. The second-order valence-electron chi connectivity index (χ2n) is 7.56. The van der Waals surface area contributed by atoms with Crippen molar-refractivity contribution in [2.24, 2.45) is 0 Å². The highest BCUT2D eigenvalue weighted by Crippen LogP contribution is 2.35. The van der Waals surface area contributed by atoms with Crippen molar-refractivity contribution >= 4 is 28.6 Å². The third kappa shape index (κ3) is 4.24. The number of esters is 1. The van der Waals surface area contributed by atoms with Gasteiger partial charge in [0.05, 0.1) is 36.3 Å². The van der Waals surface area contributed by atoms with Crippen molar-refractivity contribution in [3.8, 4) is 11.1 Å². The van der Waals surface area contributed by atoms with Gasteiger partial charge in [-0.25, -0.2) is 9.78 Å². The monoisotopic (exact) mass is 431 g/mol. The van der Waals surface area contributed by atoms with Gasteiger partial charge in [-0.1, -0.05) is 11.6 Å². The molecule has 8 heteroatoms. The molecule has 3 aromatic rings. The van der Waals surface area contributed by atoms with E-state index in [0.29, 0.717) is 10.6 Å². The topological polar surface area (TPSA) is 89.5 Å². The highest BCUT2D eigenvalue weighted by Gasteiger charge is 2.23. The van der Waals surface area contributed by atoms with Gasteiger partial charge in [-0.15, -0.1) is 0 Å². The first-order valence-corrected chi connectivity index (χ1v) is 10.8. The number of hydrogen-bond donors (Lipinski definition) is 2. The number of aliphatic hydroxyl groups excluding tert-OH is 1. The lowest BCUT2D eigenvalue weighted by Gasteiger charge is -2.29. The maximum absolute atomic E-state index is 12.3. The zero-order chi connectivity index (χ0) is 21.1. The van der Waals surface area contributed by atoms with Crippen LogP contribution in [-0.2, 0) is 11.3 Å². The predicted molar refractivity (Wildman–Crippen MR) is 115 cm³/mol. The number of benzene rings is 1. The highest BCUT2D eigenvalue weighted by molar-refractivity contribution is 6.31. The summed E-state index contributed by atoms with van der Waals surface area (Å²) >= 11 is 6.33. The Bertz CT molecular complexity index is 1030. The molecule has 1 aromatic carbocycles. The maximum atomic E-state index is 12.3. The van der Waals surface area contributed by atoms with E-state index in [4.69, 9.17) is 20.8 Å². The molecule has 0 spiro atoms. The van der Waals surface area contributed by atoms with Crippen LogP contribution in [0, 0.1) is 0 Å². The molecule has 1 aliphatic rings. The van der Waals surface area contributed by atoms with E-state index in [1.54, 1.807) is 19.3 Å². The van der Waals surface area contributed by atoms with Crippen molar-refractivity contribution in [3.05, 3.63) is 41.6 Å². The minimum absolute atomic E-state index is 0.131. The van der Waals surface area contributed by atoms with Crippen LogP contribution in [0.3, 0.4) is 0 Å². The van der Waals surface area contributed by atoms with Crippen molar-refractivity contribution < 1.29 is 19.1 Å². The largest absolute Gasteiger partial charge is 0.460 e. The Labute approximate surface area is 180 Å². The Morgan fingerprint density at radius 2 is 2.30 bits per heavy atom. The predicted octanol–water partition coefficient (Wildman–Crippen LogP) is 4.02. The number of nitrogens with zero attached hydrogens (tertiary/aromatic N) is 2. The summed E-state index contributed by atoms with van der Waals surface area (Å²) in [6.45, 7) is 3.71. The van der Waals surface area contributed by atoms with Crippen LogP contribution in [-0.4, -0.2) is 45.9 Å². The first kappa shape index (κ1) is 20.9. The second-order valence-corrected chi connectivity index (χ2v) is 7.99. The SMILES string of the molecule is CCOC(=O)c1occc1-c1cc(Cl)cc2ncn(CCC[C@H]3NCCC[C@@H]3O)c12. The molecule has 2 aromatic heterocycles. The van der Waals surface area contributed by atoms with Crippen LogP contribution >= 0.6 is 11.6 Å². The standard InChI is InChI=1S/C22H26ClN3O4/c1-2-29-22(28)21-15(7-10-30-21)16-11-14(23)12-18-20(16)26(13-25-18)9-4-5-17-19(27)6-3-8-24-17/h7,10-13,17,19,24,27H,2-6,8-9H2,1H3/t17-,19+/m1/s1. The number of furan rings is 1. The fourth-order valence-electron chi connectivity index (χ4n) is 4.14. The van der Waals surface area contributed by atoms with E-state index in [1.165, 1.54) is 6.26 Å².